The molecule has 0 aliphatic carbocycles. The molecule has 0 fully saturated rings. The summed E-state index contributed by atoms with van der Waals surface area (Å²) in [6, 6.07) is 0. The lowest BCUT2D eigenvalue weighted by Gasteiger charge is -2.03. The smallest absolute Gasteiger partial charge is 0.0628 e. The number of aryl methyl sites for hydroxylation is 2. The Morgan fingerprint density at radius 1 is 1.29 bits per heavy atom. The Hall–Kier alpha value is -0.830. The van der Waals surface area contributed by atoms with Crippen molar-refractivity contribution in [3.63, 3.8) is 0 Å². The number of rotatable bonds is 5. The number of unbranched alkanes of at least 4 members (excludes halogenated alkanes) is 1. The van der Waals surface area contributed by atoms with Gasteiger partial charge in [0.25, 0.3) is 0 Å². The van der Waals surface area contributed by atoms with Gasteiger partial charge in [-0.2, -0.15) is 5.10 Å². The molecule has 14 heavy (non-hydrogen) atoms. The maximum atomic E-state index is 8.69. The summed E-state index contributed by atoms with van der Waals surface area (Å²) < 4.78 is 2.06. The predicted molar refractivity (Wildman–Crippen MR) is 57.4 cm³/mol. The summed E-state index contributed by atoms with van der Waals surface area (Å²) in [5, 5.41) is 13.2. The molecule has 0 unspecified atom stereocenters. The Labute approximate surface area is 85.8 Å². The minimum absolute atomic E-state index is 0.278. The first kappa shape index (κ1) is 11.2. The summed E-state index contributed by atoms with van der Waals surface area (Å²) in [5.41, 5.74) is 3.80. The molecular weight excluding hydrogens is 176 g/mol. The van der Waals surface area contributed by atoms with Crippen LogP contribution in [0.15, 0.2) is 0 Å². The lowest BCUT2D eigenvalue weighted by Crippen LogP contribution is -2.03. The lowest BCUT2D eigenvalue weighted by atomic mass is 10.1. The second kappa shape index (κ2) is 5.15. The molecular formula is C11H20N2O. The van der Waals surface area contributed by atoms with Gasteiger partial charge in [-0.15, -0.1) is 0 Å². The molecule has 3 nitrogen and oxygen atoms in total. The van der Waals surface area contributed by atoms with Crippen LogP contribution in [-0.4, -0.2) is 21.5 Å². The van der Waals surface area contributed by atoms with Gasteiger partial charge in [-0.3, -0.25) is 4.68 Å². The van der Waals surface area contributed by atoms with E-state index in [0.717, 1.165) is 31.5 Å². The highest BCUT2D eigenvalue weighted by molar-refractivity contribution is 5.24. The fraction of sp³-hybridized carbons (Fsp3) is 0.727. The normalized spacial score (nSPS) is 10.9. The minimum atomic E-state index is 0.278. The molecule has 1 rings (SSSR count). The summed E-state index contributed by atoms with van der Waals surface area (Å²) in [7, 11) is 0. The van der Waals surface area contributed by atoms with E-state index in [1.54, 1.807) is 0 Å². The summed E-state index contributed by atoms with van der Waals surface area (Å²) >= 11 is 0. The highest BCUT2D eigenvalue weighted by Gasteiger charge is 2.08. The van der Waals surface area contributed by atoms with Gasteiger partial charge in [0.15, 0.2) is 0 Å². The Morgan fingerprint density at radius 2 is 2.00 bits per heavy atom. The average molecular weight is 196 g/mol. The molecule has 0 saturated carbocycles. The van der Waals surface area contributed by atoms with Gasteiger partial charge in [0, 0.05) is 18.8 Å². The highest BCUT2D eigenvalue weighted by Crippen LogP contribution is 2.13. The Morgan fingerprint density at radius 3 is 2.50 bits per heavy atom. The zero-order valence-corrected chi connectivity index (χ0v) is 9.38. The van der Waals surface area contributed by atoms with Crippen molar-refractivity contribution in [3.05, 3.63) is 17.0 Å². The molecule has 0 aromatic carbocycles. The van der Waals surface area contributed by atoms with E-state index >= 15 is 0 Å². The number of hydrogen-bond donors (Lipinski definition) is 1. The first-order valence-electron chi connectivity index (χ1n) is 5.34. The van der Waals surface area contributed by atoms with Gasteiger partial charge in [0.1, 0.15) is 0 Å². The molecule has 0 amide bonds. The predicted octanol–water partition coefficient (Wildman–Crippen LogP) is 1.83. The fourth-order valence-corrected chi connectivity index (χ4v) is 1.84. The average Bonchev–Trinajstić information content (AvgIpc) is 2.42. The van der Waals surface area contributed by atoms with E-state index in [-0.39, 0.29) is 6.61 Å². The maximum absolute atomic E-state index is 8.69. The van der Waals surface area contributed by atoms with Crippen molar-refractivity contribution in [3.8, 4) is 0 Å². The third-order valence-electron chi connectivity index (χ3n) is 2.66. The molecule has 0 radical (unpaired) electrons. The van der Waals surface area contributed by atoms with Crippen LogP contribution < -0.4 is 0 Å². The SMILES string of the molecule is CCc1c(C)nn(CCCCO)c1C. The number of aliphatic hydroxyl groups excluding tert-OH is 1. The molecule has 1 aromatic rings. The summed E-state index contributed by atoms with van der Waals surface area (Å²) in [4.78, 5) is 0. The van der Waals surface area contributed by atoms with E-state index in [9.17, 15) is 0 Å². The Bertz CT molecular complexity index is 292. The van der Waals surface area contributed by atoms with Crippen LogP contribution >= 0.6 is 0 Å². The molecule has 1 heterocycles. The van der Waals surface area contributed by atoms with Crippen LogP contribution in [-0.2, 0) is 13.0 Å². The topological polar surface area (TPSA) is 38.0 Å². The second-order valence-corrected chi connectivity index (χ2v) is 3.66. The maximum Gasteiger partial charge on any atom is 0.0628 e. The molecule has 0 saturated heterocycles. The van der Waals surface area contributed by atoms with Crippen molar-refractivity contribution in [2.75, 3.05) is 6.61 Å². The Kier molecular flexibility index (Phi) is 4.14. The Balaban J connectivity index is 2.68. The number of nitrogens with zero attached hydrogens (tertiary/aromatic N) is 2. The van der Waals surface area contributed by atoms with Crippen LogP contribution in [0.2, 0.25) is 0 Å². The molecule has 0 atom stereocenters. The van der Waals surface area contributed by atoms with Crippen molar-refractivity contribution >= 4 is 0 Å². The lowest BCUT2D eigenvalue weighted by molar-refractivity contribution is 0.280. The van der Waals surface area contributed by atoms with Gasteiger partial charge in [-0.1, -0.05) is 6.92 Å². The van der Waals surface area contributed by atoms with Gasteiger partial charge in [-0.05, 0) is 38.7 Å². The first-order valence-corrected chi connectivity index (χ1v) is 5.34. The number of aliphatic hydroxyl groups is 1. The van der Waals surface area contributed by atoms with Crippen molar-refractivity contribution in [2.24, 2.45) is 0 Å². The van der Waals surface area contributed by atoms with Crippen LogP contribution in [0.1, 0.15) is 36.7 Å². The fourth-order valence-electron chi connectivity index (χ4n) is 1.84. The van der Waals surface area contributed by atoms with E-state index in [4.69, 9.17) is 5.11 Å². The molecule has 1 aromatic heterocycles. The third-order valence-corrected chi connectivity index (χ3v) is 2.66. The van der Waals surface area contributed by atoms with Crippen LogP contribution in [0.5, 0.6) is 0 Å². The van der Waals surface area contributed by atoms with Crippen LogP contribution in [0, 0.1) is 13.8 Å². The first-order chi connectivity index (χ1) is 6.70. The summed E-state index contributed by atoms with van der Waals surface area (Å²) in [6.07, 6.45) is 2.92. The van der Waals surface area contributed by atoms with Gasteiger partial charge >= 0.3 is 0 Å². The van der Waals surface area contributed by atoms with Crippen molar-refractivity contribution in [1.29, 1.82) is 0 Å². The summed E-state index contributed by atoms with van der Waals surface area (Å²) in [5.74, 6) is 0. The molecule has 1 N–H and O–H groups in total. The van der Waals surface area contributed by atoms with Crippen LogP contribution in [0.3, 0.4) is 0 Å². The van der Waals surface area contributed by atoms with Crippen molar-refractivity contribution in [1.82, 2.24) is 9.78 Å². The van der Waals surface area contributed by atoms with Crippen LogP contribution in [0.4, 0.5) is 0 Å². The number of hydrogen-bond acceptors (Lipinski definition) is 2. The van der Waals surface area contributed by atoms with E-state index in [1.807, 2.05) is 0 Å². The zero-order valence-electron chi connectivity index (χ0n) is 9.38. The monoisotopic (exact) mass is 196 g/mol. The molecule has 0 aliphatic rings. The van der Waals surface area contributed by atoms with Crippen molar-refractivity contribution < 1.29 is 5.11 Å². The van der Waals surface area contributed by atoms with Crippen LogP contribution in [0.25, 0.3) is 0 Å². The third kappa shape index (κ3) is 2.35. The van der Waals surface area contributed by atoms with E-state index in [0.29, 0.717) is 0 Å². The minimum Gasteiger partial charge on any atom is -0.396 e. The van der Waals surface area contributed by atoms with Gasteiger partial charge in [-0.25, -0.2) is 0 Å². The largest absolute Gasteiger partial charge is 0.396 e. The standard InChI is InChI=1S/C11H20N2O/c1-4-11-9(2)12-13(10(11)3)7-5-6-8-14/h14H,4-8H2,1-3H3. The van der Waals surface area contributed by atoms with Gasteiger partial charge < -0.3 is 5.11 Å². The van der Waals surface area contributed by atoms with Gasteiger partial charge in [0.05, 0.1) is 5.69 Å². The molecule has 0 aliphatic heterocycles. The number of aromatic nitrogens is 2. The van der Waals surface area contributed by atoms with Gasteiger partial charge in [0.2, 0.25) is 0 Å². The molecule has 3 heteroatoms. The second-order valence-electron chi connectivity index (χ2n) is 3.66. The summed E-state index contributed by atoms with van der Waals surface area (Å²) in [6.45, 7) is 7.55. The molecule has 0 bridgehead atoms. The van der Waals surface area contributed by atoms with Crippen molar-refractivity contribution in [2.45, 2.75) is 46.6 Å². The van der Waals surface area contributed by atoms with E-state index in [1.165, 1.54) is 11.3 Å². The molecule has 80 valence electrons. The van der Waals surface area contributed by atoms with E-state index in [2.05, 4.69) is 30.6 Å². The van der Waals surface area contributed by atoms with E-state index < -0.39 is 0 Å². The highest BCUT2D eigenvalue weighted by atomic mass is 16.2. The zero-order chi connectivity index (χ0) is 10.6. The quantitative estimate of drug-likeness (QED) is 0.730. The molecule has 0 spiro atoms.